The quantitative estimate of drug-likeness (QED) is 0.436. The van der Waals surface area contributed by atoms with Gasteiger partial charge in [0.1, 0.15) is 0 Å². The van der Waals surface area contributed by atoms with Crippen LogP contribution in [0.15, 0.2) is 104 Å². The summed E-state index contributed by atoms with van der Waals surface area (Å²) < 4.78 is 4.87. The zero-order chi connectivity index (χ0) is 20.9. The first-order valence-corrected chi connectivity index (χ1v) is 8.95. The van der Waals surface area contributed by atoms with E-state index in [1.165, 1.54) is 7.11 Å². The van der Waals surface area contributed by atoms with Gasteiger partial charge in [-0.15, -0.1) is 0 Å². The molecular formula is C25H28O3. The van der Waals surface area contributed by atoms with Crippen molar-refractivity contribution < 1.29 is 14.6 Å². The molecule has 0 fully saturated rings. The van der Waals surface area contributed by atoms with Crippen molar-refractivity contribution in [1.82, 2.24) is 0 Å². The minimum absolute atomic E-state index is 0.106. The number of methoxy groups -OCH3 is 1. The highest BCUT2D eigenvalue weighted by atomic mass is 16.5. The number of allylic oxidation sites excluding steroid dienone is 9. The Hall–Kier alpha value is -3.17. The predicted molar refractivity (Wildman–Crippen MR) is 118 cm³/mol. The summed E-state index contributed by atoms with van der Waals surface area (Å²) in [6, 6.07) is 7.15. The Balaban J connectivity index is 3.31. The van der Waals surface area contributed by atoms with Crippen molar-refractivity contribution in [3.63, 3.8) is 0 Å². The maximum atomic E-state index is 12.1. The lowest BCUT2D eigenvalue weighted by molar-refractivity contribution is 0.0600. The number of rotatable bonds is 10. The molecule has 0 amide bonds. The minimum Gasteiger partial charge on any atom is -0.465 e. The van der Waals surface area contributed by atoms with Crippen molar-refractivity contribution >= 4 is 11.5 Å². The van der Waals surface area contributed by atoms with E-state index in [4.69, 9.17) is 4.74 Å². The summed E-state index contributed by atoms with van der Waals surface area (Å²) in [6.07, 6.45) is 14.6. The number of carbonyl (C=O) groups excluding carboxylic acids is 1. The van der Waals surface area contributed by atoms with Crippen molar-refractivity contribution in [2.24, 2.45) is 5.92 Å². The van der Waals surface area contributed by atoms with Crippen LogP contribution < -0.4 is 0 Å². The second kappa shape index (κ2) is 12.3. The molecule has 146 valence electrons. The number of carbonyl (C=O) groups is 1. The lowest BCUT2D eigenvalue weighted by atomic mass is 9.92. The molecule has 0 saturated carbocycles. The van der Waals surface area contributed by atoms with Crippen LogP contribution in [-0.2, 0) is 4.74 Å². The Morgan fingerprint density at radius 2 is 1.71 bits per heavy atom. The third-order valence-corrected chi connectivity index (χ3v) is 4.19. The Bertz CT molecular complexity index is 835. The van der Waals surface area contributed by atoms with Gasteiger partial charge in [0.05, 0.1) is 19.3 Å². The van der Waals surface area contributed by atoms with Gasteiger partial charge in [-0.2, -0.15) is 0 Å². The highest BCUT2D eigenvalue weighted by molar-refractivity contribution is 5.96. The number of esters is 1. The largest absolute Gasteiger partial charge is 0.465 e. The Morgan fingerprint density at radius 1 is 1.07 bits per heavy atom. The van der Waals surface area contributed by atoms with Gasteiger partial charge in [0.15, 0.2) is 0 Å². The molecule has 1 aromatic rings. The molecule has 1 aromatic carbocycles. The summed E-state index contributed by atoms with van der Waals surface area (Å²) in [5, 5.41) is 9.92. The van der Waals surface area contributed by atoms with Crippen molar-refractivity contribution in [1.29, 1.82) is 0 Å². The zero-order valence-corrected chi connectivity index (χ0v) is 16.6. The Kier molecular flexibility index (Phi) is 10.0. The van der Waals surface area contributed by atoms with Gasteiger partial charge < -0.3 is 9.84 Å². The summed E-state index contributed by atoms with van der Waals surface area (Å²) in [7, 11) is 1.35. The molecule has 0 spiro atoms. The molecule has 0 heterocycles. The predicted octanol–water partition coefficient (Wildman–Crippen LogP) is 5.45. The van der Waals surface area contributed by atoms with Crippen molar-refractivity contribution in [2.45, 2.75) is 6.92 Å². The molecule has 0 aliphatic carbocycles. The molecule has 1 unspecified atom stereocenters. The lowest BCUT2D eigenvalue weighted by Crippen LogP contribution is -2.08. The van der Waals surface area contributed by atoms with E-state index in [-0.39, 0.29) is 12.5 Å². The summed E-state index contributed by atoms with van der Waals surface area (Å²) in [5.74, 6) is -0.721. The van der Waals surface area contributed by atoms with E-state index in [9.17, 15) is 9.90 Å². The second-order valence-corrected chi connectivity index (χ2v) is 6.02. The molecule has 1 rings (SSSR count). The van der Waals surface area contributed by atoms with Crippen LogP contribution in [0.4, 0.5) is 0 Å². The molecule has 3 nitrogen and oxygen atoms in total. The topological polar surface area (TPSA) is 46.5 Å². The van der Waals surface area contributed by atoms with Crippen molar-refractivity contribution in [2.75, 3.05) is 13.7 Å². The van der Waals surface area contributed by atoms with Gasteiger partial charge in [0.25, 0.3) is 0 Å². The van der Waals surface area contributed by atoms with Crippen molar-refractivity contribution in [3.05, 3.63) is 115 Å². The van der Waals surface area contributed by atoms with Crippen LogP contribution in [0.5, 0.6) is 0 Å². The number of hydrogen-bond donors (Lipinski definition) is 1. The summed E-state index contributed by atoms with van der Waals surface area (Å²) in [4.78, 5) is 12.1. The number of hydrogen-bond acceptors (Lipinski definition) is 3. The van der Waals surface area contributed by atoms with Crippen LogP contribution in [0, 0.1) is 5.92 Å². The van der Waals surface area contributed by atoms with E-state index in [2.05, 4.69) is 19.7 Å². The number of aliphatic hydroxyl groups is 1. The molecule has 0 aromatic heterocycles. The van der Waals surface area contributed by atoms with Gasteiger partial charge in [-0.25, -0.2) is 4.79 Å². The van der Waals surface area contributed by atoms with E-state index >= 15 is 0 Å². The van der Waals surface area contributed by atoms with Gasteiger partial charge in [-0.05, 0) is 29.7 Å². The zero-order valence-electron chi connectivity index (χ0n) is 16.6. The second-order valence-electron chi connectivity index (χ2n) is 6.02. The molecule has 0 saturated heterocycles. The third kappa shape index (κ3) is 6.53. The molecule has 0 bridgehead atoms. The van der Waals surface area contributed by atoms with E-state index in [1.54, 1.807) is 30.4 Å². The monoisotopic (exact) mass is 376 g/mol. The SMILES string of the molecule is C=C\C(C)=C/C=C\C=C(/C=C)C(/C=C(\C=C)c1ccccc1C(=O)OC)CO. The minimum atomic E-state index is -0.421. The first kappa shape index (κ1) is 22.9. The van der Waals surface area contributed by atoms with E-state index in [0.717, 1.165) is 16.7 Å². The Morgan fingerprint density at radius 3 is 2.25 bits per heavy atom. The number of aliphatic hydroxyl groups excluding tert-OH is 1. The van der Waals surface area contributed by atoms with Crippen LogP contribution in [0.1, 0.15) is 22.8 Å². The average molecular weight is 376 g/mol. The highest BCUT2D eigenvalue weighted by Gasteiger charge is 2.15. The van der Waals surface area contributed by atoms with E-state index in [1.807, 2.05) is 49.4 Å². The molecule has 1 N–H and O–H groups in total. The normalized spacial score (nSPS) is 13.9. The lowest BCUT2D eigenvalue weighted by Gasteiger charge is -2.15. The molecule has 0 radical (unpaired) electrons. The van der Waals surface area contributed by atoms with Gasteiger partial charge in [0.2, 0.25) is 0 Å². The van der Waals surface area contributed by atoms with Gasteiger partial charge >= 0.3 is 5.97 Å². The maximum Gasteiger partial charge on any atom is 0.338 e. The van der Waals surface area contributed by atoms with Crippen LogP contribution in [0.2, 0.25) is 0 Å². The molecule has 0 aliphatic rings. The molecule has 28 heavy (non-hydrogen) atoms. The average Bonchev–Trinajstić information content (AvgIpc) is 2.74. The maximum absolute atomic E-state index is 12.1. The fourth-order valence-corrected chi connectivity index (χ4v) is 2.55. The molecule has 3 heteroatoms. The van der Waals surface area contributed by atoms with E-state index < -0.39 is 5.97 Å². The molecule has 1 atom stereocenters. The molecular weight excluding hydrogens is 348 g/mol. The van der Waals surface area contributed by atoms with Gasteiger partial charge in [-0.1, -0.05) is 92.1 Å². The van der Waals surface area contributed by atoms with Gasteiger partial charge in [-0.3, -0.25) is 0 Å². The standard InChI is InChI=1S/C25H28O3/c1-6-19(4)13-9-10-14-20(7-2)22(18-26)17-21(8-3)23-15-11-12-16-24(23)25(27)28-5/h6-17,22,26H,1-3,18H2,4-5H3/b10-9-,19-13-,20-14+,21-17+. The smallest absolute Gasteiger partial charge is 0.338 e. The van der Waals surface area contributed by atoms with Crippen LogP contribution in [-0.4, -0.2) is 24.8 Å². The van der Waals surface area contributed by atoms with E-state index in [0.29, 0.717) is 11.1 Å². The number of benzene rings is 1. The fraction of sp³-hybridized carbons (Fsp3) is 0.160. The highest BCUT2D eigenvalue weighted by Crippen LogP contribution is 2.25. The van der Waals surface area contributed by atoms with Crippen LogP contribution in [0.3, 0.4) is 0 Å². The fourth-order valence-electron chi connectivity index (χ4n) is 2.55. The number of ether oxygens (including phenoxy) is 1. The first-order valence-electron chi connectivity index (χ1n) is 8.95. The first-order chi connectivity index (χ1) is 13.5. The summed E-state index contributed by atoms with van der Waals surface area (Å²) in [5.41, 5.74) is 3.78. The van der Waals surface area contributed by atoms with Crippen LogP contribution >= 0.6 is 0 Å². The van der Waals surface area contributed by atoms with Crippen LogP contribution in [0.25, 0.3) is 5.57 Å². The summed E-state index contributed by atoms with van der Waals surface area (Å²) in [6.45, 7) is 13.3. The summed E-state index contributed by atoms with van der Waals surface area (Å²) >= 11 is 0. The third-order valence-electron chi connectivity index (χ3n) is 4.19. The van der Waals surface area contributed by atoms with Gasteiger partial charge in [0, 0.05) is 5.92 Å². The van der Waals surface area contributed by atoms with Crippen molar-refractivity contribution in [3.8, 4) is 0 Å². The Labute approximate surface area is 168 Å². The molecule has 0 aliphatic heterocycles.